The van der Waals surface area contributed by atoms with Crippen LogP contribution in [0.25, 0.3) is 5.69 Å². The molecule has 2 aromatic rings. The molecule has 0 amide bonds. The first-order valence-corrected chi connectivity index (χ1v) is 11.1. The molecule has 1 saturated heterocycles. The molecule has 146 valence electrons. The summed E-state index contributed by atoms with van der Waals surface area (Å²) in [6.07, 6.45) is 6.87. The Morgan fingerprint density at radius 2 is 2.15 bits per heavy atom. The van der Waals surface area contributed by atoms with Gasteiger partial charge in [0.1, 0.15) is 0 Å². The van der Waals surface area contributed by atoms with Gasteiger partial charge >= 0.3 is 0 Å². The normalized spacial score (nSPS) is 17.3. The van der Waals surface area contributed by atoms with E-state index in [1.165, 1.54) is 24.2 Å². The van der Waals surface area contributed by atoms with Crippen molar-refractivity contribution in [3.05, 3.63) is 47.8 Å². The van der Waals surface area contributed by atoms with Crippen molar-refractivity contribution in [3.8, 4) is 5.69 Å². The van der Waals surface area contributed by atoms with Gasteiger partial charge in [-0.3, -0.25) is 4.99 Å². The molecule has 2 heterocycles. The molecule has 1 aromatic heterocycles. The Labute approximate surface area is 167 Å². The predicted octanol–water partition coefficient (Wildman–Crippen LogP) is 3.56. The quantitative estimate of drug-likeness (QED) is 0.414. The smallest absolute Gasteiger partial charge is 0.191 e. The Bertz CT molecular complexity index is 719. The highest BCUT2D eigenvalue weighted by molar-refractivity contribution is 8.00. The molecule has 0 bridgehead atoms. The molecule has 1 aromatic carbocycles. The number of aromatic nitrogens is 2. The van der Waals surface area contributed by atoms with Crippen molar-refractivity contribution in [2.45, 2.75) is 44.8 Å². The lowest BCUT2D eigenvalue weighted by Crippen LogP contribution is -2.38. The van der Waals surface area contributed by atoms with Crippen molar-refractivity contribution in [2.24, 2.45) is 4.99 Å². The number of benzene rings is 1. The summed E-state index contributed by atoms with van der Waals surface area (Å²) in [5.41, 5.74) is 3.53. The molecule has 2 N–H and O–H groups in total. The predicted molar refractivity (Wildman–Crippen MR) is 116 cm³/mol. The van der Waals surface area contributed by atoms with Gasteiger partial charge in [-0.15, -0.1) is 0 Å². The SMILES string of the molecule is CCNC(=NCC1CCCS1)NCCCc1cn(-c2ccccc2)nc1C. The molecule has 1 unspecified atom stereocenters. The average molecular weight is 386 g/mol. The average Bonchev–Trinajstić information content (AvgIpc) is 3.34. The second-order valence-corrected chi connectivity index (χ2v) is 8.31. The Morgan fingerprint density at radius 1 is 1.30 bits per heavy atom. The number of hydrogen-bond acceptors (Lipinski definition) is 3. The fraction of sp³-hybridized carbons (Fsp3) is 0.524. The van der Waals surface area contributed by atoms with Gasteiger partial charge in [0.15, 0.2) is 5.96 Å². The maximum absolute atomic E-state index is 4.76. The molecule has 0 spiro atoms. The minimum Gasteiger partial charge on any atom is -0.357 e. The third kappa shape index (κ3) is 6.03. The van der Waals surface area contributed by atoms with Gasteiger partial charge < -0.3 is 10.6 Å². The summed E-state index contributed by atoms with van der Waals surface area (Å²) in [5.74, 6) is 2.24. The Morgan fingerprint density at radius 3 is 2.89 bits per heavy atom. The van der Waals surface area contributed by atoms with E-state index in [1.807, 2.05) is 22.9 Å². The van der Waals surface area contributed by atoms with E-state index in [0.717, 1.165) is 49.8 Å². The minimum absolute atomic E-state index is 0.701. The molecule has 5 nitrogen and oxygen atoms in total. The van der Waals surface area contributed by atoms with E-state index in [1.54, 1.807) is 0 Å². The second-order valence-electron chi connectivity index (χ2n) is 6.90. The number of nitrogens with one attached hydrogen (secondary N) is 2. The van der Waals surface area contributed by atoms with Crippen LogP contribution in [0.2, 0.25) is 0 Å². The highest BCUT2D eigenvalue weighted by Crippen LogP contribution is 2.26. The van der Waals surface area contributed by atoms with Crippen molar-refractivity contribution in [2.75, 3.05) is 25.4 Å². The van der Waals surface area contributed by atoms with E-state index in [4.69, 9.17) is 4.99 Å². The zero-order valence-corrected chi connectivity index (χ0v) is 17.3. The standard InChI is InChI=1S/C21H31N5S/c1-3-22-21(24-15-20-12-8-14-27-20)23-13-7-9-18-16-26(25-17(18)2)19-10-5-4-6-11-19/h4-6,10-11,16,20H,3,7-9,12-15H2,1-2H3,(H2,22,23,24). The number of nitrogens with zero attached hydrogens (tertiary/aromatic N) is 3. The highest BCUT2D eigenvalue weighted by Gasteiger charge is 2.15. The lowest BCUT2D eigenvalue weighted by molar-refractivity contribution is 0.732. The fourth-order valence-electron chi connectivity index (χ4n) is 3.26. The van der Waals surface area contributed by atoms with E-state index in [-0.39, 0.29) is 0 Å². The number of aryl methyl sites for hydroxylation is 2. The van der Waals surface area contributed by atoms with Gasteiger partial charge in [-0.25, -0.2) is 4.68 Å². The maximum Gasteiger partial charge on any atom is 0.191 e. The minimum atomic E-state index is 0.701. The number of rotatable bonds is 8. The molecule has 1 atom stereocenters. The lowest BCUT2D eigenvalue weighted by Gasteiger charge is -2.12. The van der Waals surface area contributed by atoms with Crippen molar-refractivity contribution in [1.29, 1.82) is 0 Å². The van der Waals surface area contributed by atoms with Crippen LogP contribution < -0.4 is 10.6 Å². The van der Waals surface area contributed by atoms with Gasteiger partial charge in [-0.2, -0.15) is 16.9 Å². The van der Waals surface area contributed by atoms with E-state index in [0.29, 0.717) is 5.25 Å². The van der Waals surface area contributed by atoms with Gasteiger partial charge in [-0.1, -0.05) is 18.2 Å². The van der Waals surface area contributed by atoms with Crippen LogP contribution in [0.15, 0.2) is 41.5 Å². The Balaban J connectivity index is 1.47. The van der Waals surface area contributed by atoms with Crippen molar-refractivity contribution in [3.63, 3.8) is 0 Å². The zero-order valence-electron chi connectivity index (χ0n) is 16.4. The van der Waals surface area contributed by atoms with Gasteiger partial charge in [0.25, 0.3) is 0 Å². The molecule has 0 aliphatic carbocycles. The highest BCUT2D eigenvalue weighted by atomic mass is 32.2. The van der Waals surface area contributed by atoms with Gasteiger partial charge in [-0.05, 0) is 63.0 Å². The van der Waals surface area contributed by atoms with Crippen LogP contribution in [0.4, 0.5) is 0 Å². The van der Waals surface area contributed by atoms with Crippen molar-refractivity contribution < 1.29 is 0 Å². The van der Waals surface area contributed by atoms with Crippen LogP contribution in [-0.4, -0.2) is 46.4 Å². The van der Waals surface area contributed by atoms with E-state index in [9.17, 15) is 0 Å². The first-order valence-electron chi connectivity index (χ1n) is 10.0. The molecule has 1 aliphatic rings. The summed E-state index contributed by atoms with van der Waals surface area (Å²) in [6, 6.07) is 10.3. The third-order valence-electron chi connectivity index (χ3n) is 4.76. The number of guanidine groups is 1. The Kier molecular flexibility index (Phi) is 7.63. The van der Waals surface area contributed by atoms with Gasteiger partial charge in [0.2, 0.25) is 0 Å². The maximum atomic E-state index is 4.76. The van der Waals surface area contributed by atoms with Gasteiger partial charge in [0.05, 0.1) is 17.9 Å². The number of hydrogen-bond donors (Lipinski definition) is 2. The summed E-state index contributed by atoms with van der Waals surface area (Å²) < 4.78 is 1.98. The summed E-state index contributed by atoms with van der Waals surface area (Å²) in [7, 11) is 0. The number of aliphatic imine (C=N–C) groups is 1. The molecule has 3 rings (SSSR count). The molecular formula is C21H31N5S. The largest absolute Gasteiger partial charge is 0.357 e. The van der Waals surface area contributed by atoms with E-state index >= 15 is 0 Å². The molecule has 27 heavy (non-hydrogen) atoms. The van der Waals surface area contributed by atoms with Gasteiger partial charge in [0, 0.05) is 24.5 Å². The summed E-state index contributed by atoms with van der Waals surface area (Å²) in [4.78, 5) is 4.76. The first-order chi connectivity index (χ1) is 13.3. The second kappa shape index (κ2) is 10.4. The molecular weight excluding hydrogens is 354 g/mol. The van der Waals surface area contributed by atoms with Crippen LogP contribution >= 0.6 is 11.8 Å². The monoisotopic (exact) mass is 385 g/mol. The molecule has 6 heteroatoms. The third-order valence-corrected chi connectivity index (χ3v) is 6.14. The van der Waals surface area contributed by atoms with Crippen LogP contribution in [0.1, 0.15) is 37.4 Å². The van der Waals surface area contributed by atoms with Crippen LogP contribution in [-0.2, 0) is 6.42 Å². The van der Waals surface area contributed by atoms with Crippen LogP contribution in [0.5, 0.6) is 0 Å². The van der Waals surface area contributed by atoms with E-state index in [2.05, 4.69) is 59.7 Å². The summed E-state index contributed by atoms with van der Waals surface area (Å²) in [5, 5.41) is 12.2. The topological polar surface area (TPSA) is 54.2 Å². The molecule has 0 saturated carbocycles. The summed E-state index contributed by atoms with van der Waals surface area (Å²) >= 11 is 2.06. The van der Waals surface area contributed by atoms with Crippen molar-refractivity contribution in [1.82, 2.24) is 20.4 Å². The fourth-order valence-corrected chi connectivity index (χ4v) is 4.44. The lowest BCUT2D eigenvalue weighted by atomic mass is 10.1. The molecule has 1 aliphatic heterocycles. The summed E-state index contributed by atoms with van der Waals surface area (Å²) in [6.45, 7) is 6.94. The van der Waals surface area contributed by atoms with Crippen LogP contribution in [0.3, 0.4) is 0 Å². The molecule has 0 radical (unpaired) electrons. The Hall–Kier alpha value is -1.95. The zero-order chi connectivity index (χ0) is 18.9. The van der Waals surface area contributed by atoms with E-state index < -0.39 is 0 Å². The van der Waals surface area contributed by atoms with Crippen molar-refractivity contribution >= 4 is 17.7 Å². The number of para-hydroxylation sites is 1. The number of thioether (sulfide) groups is 1. The first kappa shape index (κ1) is 19.8. The molecule has 1 fully saturated rings. The van der Waals surface area contributed by atoms with Crippen LogP contribution in [0, 0.1) is 6.92 Å².